The maximum absolute atomic E-state index is 10.7. The third-order valence-electron chi connectivity index (χ3n) is 3.38. The minimum absolute atomic E-state index is 0.124. The highest BCUT2D eigenvalue weighted by atomic mass is 16.4. The molecule has 0 radical (unpaired) electrons. The molecule has 0 aromatic heterocycles. The molecule has 0 saturated carbocycles. The van der Waals surface area contributed by atoms with Gasteiger partial charge in [-0.2, -0.15) is 5.26 Å². The van der Waals surface area contributed by atoms with Crippen LogP contribution < -0.4 is 10.2 Å². The van der Waals surface area contributed by atoms with Crippen molar-refractivity contribution in [3.8, 4) is 6.07 Å². The molecule has 0 aliphatic carbocycles. The van der Waals surface area contributed by atoms with Gasteiger partial charge in [0.15, 0.2) is 0 Å². The summed E-state index contributed by atoms with van der Waals surface area (Å²) in [5.74, 6) is -0.779. The van der Waals surface area contributed by atoms with Crippen LogP contribution in [0.4, 0.5) is 5.69 Å². The van der Waals surface area contributed by atoms with Crippen molar-refractivity contribution in [3.63, 3.8) is 0 Å². The number of hydrogen-bond acceptors (Lipinski definition) is 4. The van der Waals surface area contributed by atoms with Gasteiger partial charge in [-0.1, -0.05) is 12.1 Å². The van der Waals surface area contributed by atoms with Gasteiger partial charge in [0.2, 0.25) is 0 Å². The third kappa shape index (κ3) is 3.24. The molecule has 1 aliphatic rings. The topological polar surface area (TPSA) is 76.4 Å². The zero-order valence-corrected chi connectivity index (χ0v) is 10.7. The summed E-state index contributed by atoms with van der Waals surface area (Å²) >= 11 is 0. The van der Waals surface area contributed by atoms with Crippen LogP contribution in [0.5, 0.6) is 0 Å². The van der Waals surface area contributed by atoms with E-state index in [0.29, 0.717) is 12.0 Å². The average Bonchev–Trinajstić information content (AvgIpc) is 2.45. The fourth-order valence-electron chi connectivity index (χ4n) is 2.44. The Hall–Kier alpha value is -2.06. The lowest BCUT2D eigenvalue weighted by Crippen LogP contribution is -2.51. The quantitative estimate of drug-likeness (QED) is 0.849. The van der Waals surface area contributed by atoms with Crippen LogP contribution in [0.2, 0.25) is 0 Å². The summed E-state index contributed by atoms with van der Waals surface area (Å²) in [7, 11) is 0. The predicted octanol–water partition coefficient (Wildman–Crippen LogP) is 1.20. The smallest absolute Gasteiger partial charge is 0.303 e. The minimum atomic E-state index is -0.779. The van der Waals surface area contributed by atoms with E-state index in [1.54, 1.807) is 6.07 Å². The predicted molar refractivity (Wildman–Crippen MR) is 72.0 cm³/mol. The number of hydrogen-bond donors (Lipinski definition) is 2. The van der Waals surface area contributed by atoms with Crippen molar-refractivity contribution in [3.05, 3.63) is 29.8 Å². The van der Waals surface area contributed by atoms with Crippen LogP contribution >= 0.6 is 0 Å². The third-order valence-corrected chi connectivity index (χ3v) is 3.38. The summed E-state index contributed by atoms with van der Waals surface area (Å²) in [5, 5.41) is 21.3. The second kappa shape index (κ2) is 6.21. The molecule has 2 rings (SSSR count). The first-order valence-corrected chi connectivity index (χ1v) is 6.40. The van der Waals surface area contributed by atoms with E-state index in [1.165, 1.54) is 0 Å². The number of carboxylic acid groups (broad SMARTS) is 1. The lowest BCUT2D eigenvalue weighted by Gasteiger charge is -2.38. The molecule has 5 heteroatoms. The number of piperazine rings is 1. The van der Waals surface area contributed by atoms with Crippen LogP contribution in [0.25, 0.3) is 0 Å². The number of para-hydroxylation sites is 1. The number of benzene rings is 1. The van der Waals surface area contributed by atoms with E-state index < -0.39 is 5.97 Å². The molecule has 0 amide bonds. The highest BCUT2D eigenvalue weighted by Crippen LogP contribution is 2.24. The number of rotatable bonds is 4. The maximum Gasteiger partial charge on any atom is 0.303 e. The molecule has 1 saturated heterocycles. The van der Waals surface area contributed by atoms with Gasteiger partial charge in [0, 0.05) is 32.1 Å². The molecule has 1 fully saturated rings. The molecule has 0 spiro atoms. The number of carboxylic acids is 1. The van der Waals surface area contributed by atoms with Crippen LogP contribution in [-0.4, -0.2) is 36.8 Å². The van der Waals surface area contributed by atoms with Crippen LogP contribution in [0.1, 0.15) is 18.4 Å². The van der Waals surface area contributed by atoms with Crippen molar-refractivity contribution in [2.75, 3.05) is 24.5 Å². The number of nitrogens with zero attached hydrogens (tertiary/aromatic N) is 2. The van der Waals surface area contributed by atoms with Gasteiger partial charge in [-0.3, -0.25) is 4.79 Å². The molecule has 19 heavy (non-hydrogen) atoms. The molecule has 100 valence electrons. The van der Waals surface area contributed by atoms with Gasteiger partial charge in [-0.25, -0.2) is 0 Å². The van der Waals surface area contributed by atoms with Crippen LogP contribution in [0, 0.1) is 11.3 Å². The molecule has 0 bridgehead atoms. The van der Waals surface area contributed by atoms with Crippen molar-refractivity contribution in [2.45, 2.75) is 18.9 Å². The lowest BCUT2D eigenvalue weighted by molar-refractivity contribution is -0.137. The highest BCUT2D eigenvalue weighted by molar-refractivity contribution is 5.67. The van der Waals surface area contributed by atoms with Crippen molar-refractivity contribution < 1.29 is 9.90 Å². The van der Waals surface area contributed by atoms with E-state index in [0.717, 1.165) is 25.3 Å². The van der Waals surface area contributed by atoms with Crippen molar-refractivity contribution in [1.82, 2.24) is 5.32 Å². The van der Waals surface area contributed by atoms with Crippen molar-refractivity contribution >= 4 is 11.7 Å². The molecular weight excluding hydrogens is 242 g/mol. The molecule has 1 unspecified atom stereocenters. The summed E-state index contributed by atoms with van der Waals surface area (Å²) in [5.41, 5.74) is 1.55. The van der Waals surface area contributed by atoms with Crippen LogP contribution in [0.3, 0.4) is 0 Å². The van der Waals surface area contributed by atoms with E-state index in [9.17, 15) is 4.79 Å². The van der Waals surface area contributed by atoms with E-state index in [-0.39, 0.29) is 12.5 Å². The van der Waals surface area contributed by atoms with Gasteiger partial charge in [-0.15, -0.1) is 0 Å². The SMILES string of the molecule is N#Cc1ccccc1N1CCNCC1CCC(=O)O. The molecular formula is C14H17N3O2. The number of nitriles is 1. The first-order valence-electron chi connectivity index (χ1n) is 6.40. The molecule has 2 N–H and O–H groups in total. The van der Waals surface area contributed by atoms with E-state index in [2.05, 4.69) is 16.3 Å². The molecule has 1 heterocycles. The highest BCUT2D eigenvalue weighted by Gasteiger charge is 2.24. The normalized spacial score (nSPS) is 18.9. The Kier molecular flexibility index (Phi) is 4.37. The van der Waals surface area contributed by atoms with Crippen LogP contribution in [-0.2, 0) is 4.79 Å². The maximum atomic E-state index is 10.7. The van der Waals surface area contributed by atoms with E-state index in [1.807, 2.05) is 18.2 Å². The minimum Gasteiger partial charge on any atom is -0.481 e. The molecule has 1 aliphatic heterocycles. The summed E-state index contributed by atoms with van der Waals surface area (Å²) in [6.07, 6.45) is 0.736. The van der Waals surface area contributed by atoms with Gasteiger partial charge in [0.25, 0.3) is 0 Å². The van der Waals surface area contributed by atoms with E-state index in [4.69, 9.17) is 10.4 Å². The summed E-state index contributed by atoms with van der Waals surface area (Å²) < 4.78 is 0. The molecule has 1 aromatic carbocycles. The second-order valence-corrected chi connectivity index (χ2v) is 4.61. The largest absolute Gasteiger partial charge is 0.481 e. The van der Waals surface area contributed by atoms with Gasteiger partial charge in [0.1, 0.15) is 6.07 Å². The first-order chi connectivity index (χ1) is 9.22. The second-order valence-electron chi connectivity index (χ2n) is 4.61. The van der Waals surface area contributed by atoms with Crippen molar-refractivity contribution in [1.29, 1.82) is 5.26 Å². The Balaban J connectivity index is 2.19. The van der Waals surface area contributed by atoms with Crippen molar-refractivity contribution in [2.24, 2.45) is 0 Å². The van der Waals surface area contributed by atoms with Gasteiger partial charge < -0.3 is 15.3 Å². The summed E-state index contributed by atoms with van der Waals surface area (Å²) in [6.45, 7) is 2.40. The average molecular weight is 259 g/mol. The lowest BCUT2D eigenvalue weighted by atomic mass is 10.0. The molecule has 1 aromatic rings. The number of carbonyl (C=O) groups is 1. The Morgan fingerprint density at radius 2 is 2.32 bits per heavy atom. The zero-order chi connectivity index (χ0) is 13.7. The van der Waals surface area contributed by atoms with Gasteiger partial charge >= 0.3 is 5.97 Å². The number of nitrogens with one attached hydrogen (secondary N) is 1. The first kappa shape index (κ1) is 13.4. The van der Waals surface area contributed by atoms with Gasteiger partial charge in [0.05, 0.1) is 11.3 Å². The molecule has 1 atom stereocenters. The van der Waals surface area contributed by atoms with E-state index >= 15 is 0 Å². The Bertz CT molecular complexity index is 496. The Labute approximate surface area is 112 Å². The fourth-order valence-corrected chi connectivity index (χ4v) is 2.44. The summed E-state index contributed by atoms with van der Waals surface area (Å²) in [6, 6.07) is 9.80. The Morgan fingerprint density at radius 1 is 1.53 bits per heavy atom. The monoisotopic (exact) mass is 259 g/mol. The number of anilines is 1. The summed E-state index contributed by atoms with van der Waals surface area (Å²) in [4.78, 5) is 12.9. The zero-order valence-electron chi connectivity index (χ0n) is 10.7. The Morgan fingerprint density at radius 3 is 3.05 bits per heavy atom. The fraction of sp³-hybridized carbons (Fsp3) is 0.429. The molecule has 5 nitrogen and oxygen atoms in total. The standard InChI is InChI=1S/C14H17N3O2/c15-9-11-3-1-2-4-13(11)17-8-7-16-10-12(17)5-6-14(18)19/h1-4,12,16H,5-8,10H2,(H,18,19). The van der Waals surface area contributed by atoms with Crippen LogP contribution in [0.15, 0.2) is 24.3 Å². The van der Waals surface area contributed by atoms with Gasteiger partial charge in [-0.05, 0) is 18.6 Å². The number of aliphatic carboxylic acids is 1.